The first-order valence-electron chi connectivity index (χ1n) is 8.08. The molecular formula is C19H18F3NO5. The van der Waals surface area contributed by atoms with Gasteiger partial charge in [0, 0.05) is 6.42 Å². The van der Waals surface area contributed by atoms with Crippen LogP contribution in [-0.4, -0.2) is 37.4 Å². The lowest BCUT2D eigenvalue weighted by Crippen LogP contribution is -2.26. The van der Waals surface area contributed by atoms with Crippen LogP contribution in [0.5, 0.6) is 11.5 Å². The number of hydrogen-bond acceptors (Lipinski definition) is 4. The van der Waals surface area contributed by atoms with Crippen LogP contribution in [0.1, 0.15) is 28.3 Å². The molecule has 0 radical (unpaired) electrons. The first-order chi connectivity index (χ1) is 13.2. The van der Waals surface area contributed by atoms with Crippen LogP contribution in [0.25, 0.3) is 0 Å². The van der Waals surface area contributed by atoms with Gasteiger partial charge in [0.25, 0.3) is 0 Å². The molecule has 1 atom stereocenters. The molecule has 0 bridgehead atoms. The van der Waals surface area contributed by atoms with E-state index >= 15 is 0 Å². The molecule has 150 valence electrons. The standard InChI is InChI=1S/C19H18F3NO5/c1-27-15-9-12(18(25)26)8-14(17(15)28-2)23-16(24)10-13(19(20,21)22)11-6-4-3-5-7-11/h3-9,13H,10H2,1-2H3,(H,23,24)(H,25,26). The lowest BCUT2D eigenvalue weighted by Gasteiger charge is -2.21. The average Bonchev–Trinajstić information content (AvgIpc) is 2.65. The molecule has 1 amide bonds. The molecule has 0 spiro atoms. The summed E-state index contributed by atoms with van der Waals surface area (Å²) in [6.45, 7) is 0. The van der Waals surface area contributed by atoms with Gasteiger partial charge < -0.3 is 19.9 Å². The predicted molar refractivity (Wildman–Crippen MR) is 95.0 cm³/mol. The van der Waals surface area contributed by atoms with Gasteiger partial charge in [0.1, 0.15) is 0 Å². The number of methoxy groups -OCH3 is 2. The molecule has 2 aromatic rings. The average molecular weight is 397 g/mol. The van der Waals surface area contributed by atoms with E-state index in [4.69, 9.17) is 14.6 Å². The van der Waals surface area contributed by atoms with Crippen LogP contribution in [0, 0.1) is 0 Å². The van der Waals surface area contributed by atoms with Crippen molar-refractivity contribution in [1.29, 1.82) is 0 Å². The molecule has 0 fully saturated rings. The molecule has 1 unspecified atom stereocenters. The van der Waals surface area contributed by atoms with Gasteiger partial charge in [-0.3, -0.25) is 4.79 Å². The van der Waals surface area contributed by atoms with Crippen molar-refractivity contribution in [2.24, 2.45) is 0 Å². The fraction of sp³-hybridized carbons (Fsp3) is 0.263. The lowest BCUT2D eigenvalue weighted by molar-refractivity contribution is -0.155. The van der Waals surface area contributed by atoms with Crippen molar-refractivity contribution in [1.82, 2.24) is 0 Å². The summed E-state index contributed by atoms with van der Waals surface area (Å²) in [6.07, 6.45) is -5.51. The zero-order valence-electron chi connectivity index (χ0n) is 15.0. The first kappa shape index (κ1) is 21.1. The molecule has 0 aliphatic rings. The highest BCUT2D eigenvalue weighted by Crippen LogP contribution is 2.39. The minimum absolute atomic E-state index is 0.00381. The summed E-state index contributed by atoms with van der Waals surface area (Å²) >= 11 is 0. The zero-order valence-corrected chi connectivity index (χ0v) is 15.0. The highest BCUT2D eigenvalue weighted by Gasteiger charge is 2.42. The van der Waals surface area contributed by atoms with Crippen LogP contribution in [-0.2, 0) is 4.79 Å². The number of carbonyl (C=O) groups excluding carboxylic acids is 1. The summed E-state index contributed by atoms with van der Waals surface area (Å²) in [6, 6.07) is 9.34. The van der Waals surface area contributed by atoms with Crippen molar-refractivity contribution in [3.05, 3.63) is 53.6 Å². The van der Waals surface area contributed by atoms with E-state index in [1.807, 2.05) is 0 Å². The number of amides is 1. The number of aromatic carboxylic acids is 1. The van der Waals surface area contributed by atoms with E-state index in [9.17, 15) is 22.8 Å². The Morgan fingerprint density at radius 3 is 2.25 bits per heavy atom. The molecule has 0 aliphatic carbocycles. The van der Waals surface area contributed by atoms with Crippen LogP contribution in [0.4, 0.5) is 18.9 Å². The third kappa shape index (κ3) is 4.93. The number of carboxylic acids is 1. The number of carboxylic acid groups (broad SMARTS) is 1. The lowest BCUT2D eigenvalue weighted by atomic mass is 9.94. The van der Waals surface area contributed by atoms with Crippen LogP contribution < -0.4 is 14.8 Å². The third-order valence-corrected chi connectivity index (χ3v) is 3.99. The normalized spacial score (nSPS) is 12.2. The summed E-state index contributed by atoms with van der Waals surface area (Å²) in [4.78, 5) is 23.6. The molecule has 2 rings (SSSR count). The molecule has 0 aliphatic heterocycles. The maximum atomic E-state index is 13.4. The van der Waals surface area contributed by atoms with Gasteiger partial charge in [0.05, 0.1) is 31.4 Å². The Morgan fingerprint density at radius 2 is 1.75 bits per heavy atom. The molecule has 2 aromatic carbocycles. The Kier molecular flexibility index (Phi) is 6.50. The van der Waals surface area contributed by atoms with Gasteiger partial charge in [-0.05, 0) is 17.7 Å². The van der Waals surface area contributed by atoms with E-state index in [2.05, 4.69) is 5.32 Å². The van der Waals surface area contributed by atoms with E-state index in [0.717, 1.165) is 6.07 Å². The van der Waals surface area contributed by atoms with Gasteiger partial charge in [-0.15, -0.1) is 0 Å². The van der Waals surface area contributed by atoms with Crippen molar-refractivity contribution in [3.63, 3.8) is 0 Å². The monoisotopic (exact) mass is 397 g/mol. The van der Waals surface area contributed by atoms with Gasteiger partial charge in [-0.25, -0.2) is 4.79 Å². The summed E-state index contributed by atoms with van der Waals surface area (Å²) < 4.78 is 50.4. The van der Waals surface area contributed by atoms with E-state index in [1.165, 1.54) is 44.6 Å². The molecular weight excluding hydrogens is 379 g/mol. The summed E-state index contributed by atoms with van der Waals surface area (Å²) in [5.41, 5.74) is -0.365. The van der Waals surface area contributed by atoms with E-state index in [1.54, 1.807) is 6.07 Å². The molecule has 0 saturated carbocycles. The van der Waals surface area contributed by atoms with Crippen molar-refractivity contribution >= 4 is 17.6 Å². The Hall–Kier alpha value is -3.23. The Labute approximate surface area is 158 Å². The van der Waals surface area contributed by atoms with Gasteiger partial charge in [-0.1, -0.05) is 30.3 Å². The smallest absolute Gasteiger partial charge is 0.396 e. The number of hydrogen-bond donors (Lipinski definition) is 2. The Morgan fingerprint density at radius 1 is 1.11 bits per heavy atom. The van der Waals surface area contributed by atoms with Gasteiger partial charge in [0.2, 0.25) is 5.91 Å². The minimum atomic E-state index is -4.64. The molecule has 0 saturated heterocycles. The zero-order chi connectivity index (χ0) is 20.9. The fourth-order valence-electron chi connectivity index (χ4n) is 2.68. The number of nitrogens with one attached hydrogen (secondary N) is 1. The van der Waals surface area contributed by atoms with Gasteiger partial charge in [0.15, 0.2) is 11.5 Å². The van der Waals surface area contributed by atoms with Crippen molar-refractivity contribution in [2.45, 2.75) is 18.5 Å². The predicted octanol–water partition coefficient (Wildman–Crippen LogP) is 4.08. The maximum Gasteiger partial charge on any atom is 0.396 e. The quantitative estimate of drug-likeness (QED) is 0.736. The second kappa shape index (κ2) is 8.64. The van der Waals surface area contributed by atoms with Crippen molar-refractivity contribution in [2.75, 3.05) is 19.5 Å². The van der Waals surface area contributed by atoms with E-state index in [0.29, 0.717) is 0 Å². The summed E-state index contributed by atoms with van der Waals surface area (Å²) in [5, 5.41) is 11.5. The molecule has 9 heteroatoms. The van der Waals surface area contributed by atoms with Crippen LogP contribution in [0.3, 0.4) is 0 Å². The van der Waals surface area contributed by atoms with Gasteiger partial charge in [-0.2, -0.15) is 13.2 Å². The summed E-state index contributed by atoms with van der Waals surface area (Å²) in [7, 11) is 2.53. The number of ether oxygens (including phenoxy) is 2. The molecule has 0 aromatic heterocycles. The number of rotatable bonds is 7. The number of halogens is 3. The number of alkyl halides is 3. The van der Waals surface area contributed by atoms with Crippen LogP contribution in [0.15, 0.2) is 42.5 Å². The second-order valence-corrected chi connectivity index (χ2v) is 5.82. The Balaban J connectivity index is 2.33. The molecule has 0 heterocycles. The minimum Gasteiger partial charge on any atom is -0.493 e. The number of benzene rings is 2. The highest BCUT2D eigenvalue weighted by molar-refractivity contribution is 5.97. The first-order valence-corrected chi connectivity index (χ1v) is 8.08. The molecule has 6 nitrogen and oxygen atoms in total. The fourth-order valence-corrected chi connectivity index (χ4v) is 2.68. The van der Waals surface area contributed by atoms with Crippen molar-refractivity contribution < 1.29 is 37.3 Å². The number of anilines is 1. The third-order valence-electron chi connectivity index (χ3n) is 3.99. The Bertz CT molecular complexity index is 853. The maximum absolute atomic E-state index is 13.4. The van der Waals surface area contributed by atoms with Crippen LogP contribution in [0.2, 0.25) is 0 Å². The van der Waals surface area contributed by atoms with Crippen molar-refractivity contribution in [3.8, 4) is 11.5 Å². The summed E-state index contributed by atoms with van der Waals surface area (Å²) in [5.74, 6) is -4.23. The largest absolute Gasteiger partial charge is 0.493 e. The van der Waals surface area contributed by atoms with E-state index in [-0.39, 0.29) is 28.3 Å². The number of carbonyl (C=O) groups is 2. The highest BCUT2D eigenvalue weighted by atomic mass is 19.4. The molecule has 2 N–H and O–H groups in total. The van der Waals surface area contributed by atoms with Gasteiger partial charge >= 0.3 is 12.1 Å². The SMILES string of the molecule is COc1cc(C(=O)O)cc(NC(=O)CC(c2ccccc2)C(F)(F)F)c1OC. The second-order valence-electron chi connectivity index (χ2n) is 5.82. The van der Waals surface area contributed by atoms with Crippen LogP contribution >= 0.6 is 0 Å². The molecule has 28 heavy (non-hydrogen) atoms. The topological polar surface area (TPSA) is 84.9 Å². The van der Waals surface area contributed by atoms with E-state index < -0.39 is 30.4 Å².